The summed E-state index contributed by atoms with van der Waals surface area (Å²) in [4.78, 5) is 3.25. The van der Waals surface area contributed by atoms with Crippen molar-refractivity contribution < 1.29 is 25.8 Å². The summed E-state index contributed by atoms with van der Waals surface area (Å²) < 4.78 is 3.52. The Kier molecular flexibility index (Phi) is 8.33. The molecule has 0 aliphatic heterocycles. The summed E-state index contributed by atoms with van der Waals surface area (Å²) in [6.45, 7) is 5.56. The number of halogens is 4. The SMILES string of the molecule is CC(=Nc1c(C)cccc1C)OC(Cl)(Cl)C(Cl)Cl.[W]. The normalized spacial score (nSPS) is 12.3. The molecule has 0 aromatic heterocycles. The predicted octanol–water partition coefficient (Wildman–Crippen LogP) is 5.30. The van der Waals surface area contributed by atoms with Gasteiger partial charge in [-0.05, 0) is 25.0 Å². The molecule has 1 aromatic carbocycles. The summed E-state index contributed by atoms with van der Waals surface area (Å²) >= 11 is 22.8. The second-order valence-corrected chi connectivity index (χ2v) is 6.25. The molecule has 0 aliphatic rings. The first kappa shape index (κ1) is 19.5. The second-order valence-electron chi connectivity index (χ2n) is 3.84. The predicted molar refractivity (Wildman–Crippen MR) is 79.7 cm³/mol. The maximum absolute atomic E-state index is 5.81. The van der Waals surface area contributed by atoms with Crippen LogP contribution in [0.2, 0.25) is 0 Å². The topological polar surface area (TPSA) is 21.6 Å². The first-order valence-electron chi connectivity index (χ1n) is 5.20. The average Bonchev–Trinajstić information content (AvgIpc) is 2.22. The van der Waals surface area contributed by atoms with Gasteiger partial charge in [-0.2, -0.15) is 0 Å². The molecule has 1 rings (SSSR count). The molecule has 0 heterocycles. The molecule has 0 atom stereocenters. The monoisotopic (exact) mass is 511 g/mol. The van der Waals surface area contributed by atoms with Gasteiger partial charge in [0, 0.05) is 28.0 Å². The van der Waals surface area contributed by atoms with Crippen LogP contribution in [-0.2, 0) is 25.8 Å². The summed E-state index contributed by atoms with van der Waals surface area (Å²) in [6, 6.07) is 5.88. The molecule has 0 aliphatic carbocycles. The fourth-order valence-electron chi connectivity index (χ4n) is 1.40. The molecule has 0 amide bonds. The van der Waals surface area contributed by atoms with Crippen LogP contribution in [0.5, 0.6) is 0 Å². The van der Waals surface area contributed by atoms with Gasteiger partial charge in [0.15, 0.2) is 10.7 Å². The average molecular weight is 513 g/mol. The molecule has 0 spiro atoms. The van der Waals surface area contributed by atoms with Gasteiger partial charge in [-0.3, -0.25) is 0 Å². The summed E-state index contributed by atoms with van der Waals surface area (Å²) in [5, 5.41) is 0. The number of aliphatic imine (C=N–C) groups is 1. The standard InChI is InChI=1S/C12H13Cl4NO.W/c1-7-5-4-6-8(2)10(7)17-9(3)18-12(15,16)11(13)14;/h4-6,11H,1-3H3;. The molecule has 19 heavy (non-hydrogen) atoms. The van der Waals surface area contributed by atoms with Gasteiger partial charge in [0.1, 0.15) is 0 Å². The van der Waals surface area contributed by atoms with Gasteiger partial charge in [0.25, 0.3) is 4.52 Å². The summed E-state index contributed by atoms with van der Waals surface area (Å²) in [6.07, 6.45) is 0. The van der Waals surface area contributed by atoms with E-state index in [1.807, 2.05) is 32.0 Å². The number of hydrogen-bond acceptors (Lipinski definition) is 2. The summed E-state index contributed by atoms with van der Waals surface area (Å²) in [5.41, 5.74) is 2.88. The van der Waals surface area contributed by atoms with Crippen molar-refractivity contribution in [3.05, 3.63) is 29.3 Å². The van der Waals surface area contributed by atoms with Crippen molar-refractivity contribution in [3.8, 4) is 0 Å². The van der Waals surface area contributed by atoms with Crippen LogP contribution in [0.25, 0.3) is 0 Å². The number of para-hydroxylation sites is 1. The zero-order chi connectivity index (χ0) is 13.9. The molecule has 106 valence electrons. The van der Waals surface area contributed by atoms with Crippen LogP contribution in [0.1, 0.15) is 18.1 Å². The molecule has 0 bridgehead atoms. The Morgan fingerprint density at radius 2 is 1.68 bits per heavy atom. The number of ether oxygens (including phenoxy) is 1. The molecule has 0 N–H and O–H groups in total. The van der Waals surface area contributed by atoms with E-state index in [2.05, 4.69) is 4.99 Å². The van der Waals surface area contributed by atoms with E-state index in [1.54, 1.807) is 6.92 Å². The van der Waals surface area contributed by atoms with Crippen LogP contribution < -0.4 is 0 Å². The van der Waals surface area contributed by atoms with Crippen molar-refractivity contribution in [2.75, 3.05) is 0 Å². The molecular weight excluding hydrogens is 500 g/mol. The Hall–Kier alpha value is 0.538. The first-order valence-corrected chi connectivity index (χ1v) is 6.83. The smallest absolute Gasteiger partial charge is 0.289 e. The Bertz CT molecular complexity index is 443. The number of alkyl halides is 4. The van der Waals surface area contributed by atoms with Crippen LogP contribution >= 0.6 is 46.4 Å². The van der Waals surface area contributed by atoms with E-state index in [4.69, 9.17) is 51.1 Å². The van der Waals surface area contributed by atoms with E-state index in [0.29, 0.717) is 5.90 Å². The van der Waals surface area contributed by atoms with Crippen molar-refractivity contribution in [1.82, 2.24) is 0 Å². The maximum atomic E-state index is 5.81. The Morgan fingerprint density at radius 1 is 1.21 bits per heavy atom. The Balaban J connectivity index is 0.00000324. The van der Waals surface area contributed by atoms with Gasteiger partial charge >= 0.3 is 0 Å². The largest absolute Gasteiger partial charge is 0.442 e. The van der Waals surface area contributed by atoms with E-state index in [0.717, 1.165) is 16.8 Å². The number of nitrogens with zero attached hydrogens (tertiary/aromatic N) is 1. The minimum atomic E-state index is -1.71. The van der Waals surface area contributed by atoms with Crippen molar-refractivity contribution in [3.63, 3.8) is 0 Å². The van der Waals surface area contributed by atoms with E-state index in [9.17, 15) is 0 Å². The van der Waals surface area contributed by atoms with Crippen LogP contribution in [0.15, 0.2) is 23.2 Å². The van der Waals surface area contributed by atoms with Gasteiger partial charge in [0.2, 0.25) is 0 Å². The minimum absolute atomic E-state index is 0. The molecular formula is C12H13Cl4NOW. The third kappa shape index (κ3) is 5.81. The van der Waals surface area contributed by atoms with Gasteiger partial charge < -0.3 is 4.74 Å². The van der Waals surface area contributed by atoms with E-state index < -0.39 is 9.36 Å². The molecule has 7 heteroatoms. The van der Waals surface area contributed by atoms with Gasteiger partial charge in [-0.1, -0.05) is 64.6 Å². The molecule has 0 saturated heterocycles. The summed E-state index contributed by atoms with van der Waals surface area (Å²) in [5.74, 6) is 0.295. The number of benzene rings is 1. The molecule has 0 fully saturated rings. The third-order valence-corrected chi connectivity index (χ3v) is 3.90. The number of rotatable bonds is 3. The van der Waals surface area contributed by atoms with Crippen LogP contribution in [0.4, 0.5) is 5.69 Å². The van der Waals surface area contributed by atoms with Crippen molar-refractivity contribution in [2.24, 2.45) is 4.99 Å². The van der Waals surface area contributed by atoms with Crippen molar-refractivity contribution in [2.45, 2.75) is 30.1 Å². The minimum Gasteiger partial charge on any atom is -0.442 e. The van der Waals surface area contributed by atoms with Crippen LogP contribution in [-0.4, -0.2) is 15.3 Å². The zero-order valence-corrected chi connectivity index (χ0v) is 16.5. The molecule has 2 nitrogen and oxygen atoms in total. The van der Waals surface area contributed by atoms with Gasteiger partial charge in [0.05, 0.1) is 5.69 Å². The van der Waals surface area contributed by atoms with Crippen molar-refractivity contribution in [1.29, 1.82) is 0 Å². The molecule has 1 aromatic rings. The summed E-state index contributed by atoms with van der Waals surface area (Å²) in [7, 11) is 0. The molecule has 0 radical (unpaired) electrons. The maximum Gasteiger partial charge on any atom is 0.289 e. The van der Waals surface area contributed by atoms with Crippen molar-refractivity contribution >= 4 is 58.0 Å². The molecule has 0 unspecified atom stereocenters. The number of hydrogen-bond donors (Lipinski definition) is 0. The molecule has 0 saturated carbocycles. The van der Waals surface area contributed by atoms with Gasteiger partial charge in [-0.15, -0.1) is 0 Å². The van der Waals surface area contributed by atoms with E-state index in [-0.39, 0.29) is 21.1 Å². The van der Waals surface area contributed by atoms with Crippen LogP contribution in [0, 0.1) is 13.8 Å². The first-order chi connectivity index (χ1) is 8.24. The quantitative estimate of drug-likeness (QED) is 0.306. The number of aryl methyl sites for hydroxylation is 2. The van der Waals surface area contributed by atoms with E-state index >= 15 is 0 Å². The third-order valence-electron chi connectivity index (χ3n) is 2.25. The van der Waals surface area contributed by atoms with Gasteiger partial charge in [-0.25, -0.2) is 4.99 Å². The second kappa shape index (κ2) is 8.10. The zero-order valence-electron chi connectivity index (χ0n) is 10.6. The van der Waals surface area contributed by atoms with Crippen LogP contribution in [0.3, 0.4) is 0 Å². The van der Waals surface area contributed by atoms with E-state index in [1.165, 1.54) is 0 Å². The fraction of sp³-hybridized carbons (Fsp3) is 0.417. The Morgan fingerprint density at radius 3 is 2.11 bits per heavy atom. The fourth-order valence-corrected chi connectivity index (χ4v) is 1.72. The Labute approximate surface area is 147 Å².